The summed E-state index contributed by atoms with van der Waals surface area (Å²) < 4.78 is 13.3. The number of amides is 1. The quantitative estimate of drug-likeness (QED) is 0.298. The van der Waals surface area contributed by atoms with Crippen LogP contribution in [0.15, 0.2) is 30.3 Å². The maximum absolute atomic E-state index is 13.3. The largest absolute Gasteiger partial charge is 0.388 e. The zero-order chi connectivity index (χ0) is 14.8. The first-order chi connectivity index (χ1) is 9.59. The fraction of sp³-hybridized carbons (Fsp3) is 0.333. The lowest BCUT2D eigenvalue weighted by Crippen LogP contribution is -2.22. The Morgan fingerprint density at radius 2 is 2.00 bits per heavy atom. The molecule has 6 heteroatoms. The summed E-state index contributed by atoms with van der Waals surface area (Å²) in [6.45, 7) is 0.568. The second kappa shape index (κ2) is 10.9. The highest BCUT2D eigenvalue weighted by atomic mass is 35.5. The van der Waals surface area contributed by atoms with E-state index < -0.39 is 0 Å². The second-order valence-electron chi connectivity index (χ2n) is 4.48. The predicted octanol–water partition coefficient (Wildman–Crippen LogP) is 2.87. The molecule has 0 aliphatic carbocycles. The first-order valence-electron chi connectivity index (χ1n) is 6.63. The van der Waals surface area contributed by atoms with Crippen LogP contribution in [0.3, 0.4) is 0 Å². The monoisotopic (exact) mass is 313 g/mol. The van der Waals surface area contributed by atoms with Gasteiger partial charge in [0.25, 0.3) is 0 Å². The minimum Gasteiger partial charge on any atom is -0.388 e. The molecule has 0 atom stereocenters. The van der Waals surface area contributed by atoms with Gasteiger partial charge in [0, 0.05) is 24.6 Å². The van der Waals surface area contributed by atoms with Gasteiger partial charge in [0.05, 0.1) is 5.84 Å². The van der Waals surface area contributed by atoms with Crippen molar-refractivity contribution in [3.05, 3.63) is 41.7 Å². The molecule has 4 N–H and O–H groups in total. The standard InChI is InChI=1S/C15H20FN3O.ClH/c16-13-7-4-3-6-12(13)9-10-15(20)19-11-5-1-2-8-14(17)18;/h3-4,6-7,9-10H,1-2,5,8,11H2,(H3,17,18)(H,19,20);1H/b10-9+;. The van der Waals surface area contributed by atoms with Gasteiger partial charge in [-0.05, 0) is 25.0 Å². The molecule has 1 amide bonds. The number of carbonyl (C=O) groups is 1. The molecule has 4 nitrogen and oxygen atoms in total. The van der Waals surface area contributed by atoms with Crippen LogP contribution in [0.25, 0.3) is 6.08 Å². The third kappa shape index (κ3) is 8.81. The van der Waals surface area contributed by atoms with E-state index in [1.54, 1.807) is 18.2 Å². The van der Waals surface area contributed by atoms with Crippen molar-refractivity contribution >= 4 is 30.2 Å². The molecule has 0 saturated carbocycles. The third-order valence-corrected chi connectivity index (χ3v) is 2.74. The first-order valence-corrected chi connectivity index (χ1v) is 6.63. The van der Waals surface area contributed by atoms with Gasteiger partial charge in [0.15, 0.2) is 0 Å². The number of hydrogen-bond acceptors (Lipinski definition) is 2. The van der Waals surface area contributed by atoms with Gasteiger partial charge in [0.1, 0.15) is 5.82 Å². The lowest BCUT2D eigenvalue weighted by Gasteiger charge is -2.02. The number of nitrogens with two attached hydrogens (primary N) is 1. The Morgan fingerprint density at radius 1 is 1.29 bits per heavy atom. The number of nitrogens with one attached hydrogen (secondary N) is 2. The van der Waals surface area contributed by atoms with E-state index in [-0.39, 0.29) is 30.0 Å². The number of benzene rings is 1. The highest BCUT2D eigenvalue weighted by Crippen LogP contribution is 2.07. The molecule has 0 spiro atoms. The van der Waals surface area contributed by atoms with E-state index in [2.05, 4.69) is 5.32 Å². The van der Waals surface area contributed by atoms with Crippen LogP contribution in [0.1, 0.15) is 31.2 Å². The van der Waals surface area contributed by atoms with Gasteiger partial charge in [-0.3, -0.25) is 10.2 Å². The number of halogens is 2. The highest BCUT2D eigenvalue weighted by molar-refractivity contribution is 5.91. The van der Waals surface area contributed by atoms with Crippen LogP contribution in [-0.2, 0) is 4.79 Å². The van der Waals surface area contributed by atoms with Crippen LogP contribution >= 0.6 is 12.4 Å². The summed E-state index contributed by atoms with van der Waals surface area (Å²) in [6.07, 6.45) is 6.00. The predicted molar refractivity (Wildman–Crippen MR) is 86.1 cm³/mol. The van der Waals surface area contributed by atoms with Gasteiger partial charge in [-0.25, -0.2) is 4.39 Å². The van der Waals surface area contributed by atoms with Crippen molar-refractivity contribution in [1.29, 1.82) is 5.41 Å². The SMILES string of the molecule is Cl.N=C(N)CCCCCNC(=O)/C=C/c1ccccc1F. The van der Waals surface area contributed by atoms with E-state index in [0.717, 1.165) is 19.3 Å². The minimum absolute atomic E-state index is 0. The van der Waals surface area contributed by atoms with Crippen molar-refractivity contribution in [2.45, 2.75) is 25.7 Å². The summed E-state index contributed by atoms with van der Waals surface area (Å²) in [7, 11) is 0. The topological polar surface area (TPSA) is 79.0 Å². The Kier molecular flexibility index (Phi) is 9.88. The molecule has 116 valence electrons. The summed E-state index contributed by atoms with van der Waals surface area (Å²) in [5.74, 6) is -0.387. The van der Waals surface area contributed by atoms with E-state index in [1.165, 1.54) is 18.2 Å². The van der Waals surface area contributed by atoms with E-state index in [9.17, 15) is 9.18 Å². The van der Waals surface area contributed by atoms with Crippen molar-refractivity contribution in [3.8, 4) is 0 Å². The van der Waals surface area contributed by atoms with Crippen LogP contribution in [0, 0.1) is 11.2 Å². The Balaban J connectivity index is 0.00000400. The van der Waals surface area contributed by atoms with Crippen LogP contribution in [0.4, 0.5) is 4.39 Å². The molecule has 0 aliphatic heterocycles. The summed E-state index contributed by atoms with van der Waals surface area (Å²) in [5, 5.41) is 9.79. The molecular weight excluding hydrogens is 293 g/mol. The average Bonchev–Trinajstić information content (AvgIpc) is 2.41. The normalized spacial score (nSPS) is 10.1. The molecular formula is C15H21ClFN3O. The van der Waals surface area contributed by atoms with Crippen LogP contribution < -0.4 is 11.1 Å². The van der Waals surface area contributed by atoms with E-state index in [1.807, 2.05) is 0 Å². The zero-order valence-electron chi connectivity index (χ0n) is 11.8. The van der Waals surface area contributed by atoms with E-state index in [0.29, 0.717) is 18.5 Å². The van der Waals surface area contributed by atoms with Crippen molar-refractivity contribution in [2.75, 3.05) is 6.54 Å². The third-order valence-electron chi connectivity index (χ3n) is 2.74. The molecule has 1 rings (SSSR count). The van der Waals surface area contributed by atoms with Crippen molar-refractivity contribution in [1.82, 2.24) is 5.32 Å². The molecule has 0 radical (unpaired) electrons. The Bertz CT molecular complexity index is 492. The highest BCUT2D eigenvalue weighted by Gasteiger charge is 1.98. The maximum atomic E-state index is 13.3. The van der Waals surface area contributed by atoms with Crippen LogP contribution in [0.2, 0.25) is 0 Å². The van der Waals surface area contributed by atoms with E-state index >= 15 is 0 Å². The van der Waals surface area contributed by atoms with Gasteiger partial charge in [-0.15, -0.1) is 12.4 Å². The molecule has 1 aromatic rings. The number of amidine groups is 1. The average molecular weight is 314 g/mol. The first kappa shape index (κ1) is 19.1. The zero-order valence-corrected chi connectivity index (χ0v) is 12.6. The van der Waals surface area contributed by atoms with Crippen LogP contribution in [-0.4, -0.2) is 18.3 Å². The second-order valence-corrected chi connectivity index (χ2v) is 4.48. The number of carbonyl (C=O) groups excluding carboxylic acids is 1. The Hall–Kier alpha value is -1.88. The maximum Gasteiger partial charge on any atom is 0.244 e. The van der Waals surface area contributed by atoms with Crippen molar-refractivity contribution in [2.24, 2.45) is 5.73 Å². The van der Waals surface area contributed by atoms with Gasteiger partial charge in [-0.1, -0.05) is 24.6 Å². The number of rotatable bonds is 8. The molecule has 0 aromatic heterocycles. The fourth-order valence-electron chi connectivity index (χ4n) is 1.66. The number of unbranched alkanes of at least 4 members (excludes halogenated alkanes) is 2. The van der Waals surface area contributed by atoms with Gasteiger partial charge >= 0.3 is 0 Å². The molecule has 0 saturated heterocycles. The lowest BCUT2D eigenvalue weighted by atomic mass is 10.2. The van der Waals surface area contributed by atoms with Gasteiger partial charge < -0.3 is 11.1 Å². The number of hydrogen-bond donors (Lipinski definition) is 3. The van der Waals surface area contributed by atoms with Crippen molar-refractivity contribution < 1.29 is 9.18 Å². The molecule has 21 heavy (non-hydrogen) atoms. The van der Waals surface area contributed by atoms with E-state index in [4.69, 9.17) is 11.1 Å². The van der Waals surface area contributed by atoms with Gasteiger partial charge in [-0.2, -0.15) is 0 Å². The summed E-state index contributed by atoms with van der Waals surface area (Å²) in [6, 6.07) is 6.29. The molecule has 0 bridgehead atoms. The molecule has 0 unspecified atom stereocenters. The summed E-state index contributed by atoms with van der Waals surface area (Å²) in [4.78, 5) is 11.5. The summed E-state index contributed by atoms with van der Waals surface area (Å²) in [5.41, 5.74) is 5.63. The Labute approximate surface area is 130 Å². The molecule has 0 fully saturated rings. The lowest BCUT2D eigenvalue weighted by molar-refractivity contribution is -0.116. The molecule has 0 heterocycles. The Morgan fingerprint density at radius 3 is 2.67 bits per heavy atom. The van der Waals surface area contributed by atoms with Crippen LogP contribution in [0.5, 0.6) is 0 Å². The van der Waals surface area contributed by atoms with Crippen molar-refractivity contribution in [3.63, 3.8) is 0 Å². The smallest absolute Gasteiger partial charge is 0.244 e. The minimum atomic E-state index is -0.346. The fourth-order valence-corrected chi connectivity index (χ4v) is 1.66. The van der Waals surface area contributed by atoms with Gasteiger partial charge in [0.2, 0.25) is 5.91 Å². The molecule has 0 aliphatic rings. The summed E-state index contributed by atoms with van der Waals surface area (Å²) >= 11 is 0. The molecule has 1 aromatic carbocycles.